The van der Waals surface area contributed by atoms with Crippen LogP contribution in [0, 0.1) is 0 Å². The molecule has 0 bridgehead atoms. The lowest BCUT2D eigenvalue weighted by Crippen LogP contribution is -2.04. The number of hydrogen-bond acceptors (Lipinski definition) is 4. The third kappa shape index (κ3) is 15.4. The van der Waals surface area contributed by atoms with Crippen LogP contribution in [0.4, 0.5) is 0 Å². The molecule has 5 heteroatoms. The first-order valence-corrected chi connectivity index (χ1v) is 7.30. The average Bonchev–Trinajstić information content (AvgIpc) is 2.24. The average molecular weight is 261 g/mol. The van der Waals surface area contributed by atoms with Gasteiger partial charge in [-0.2, -0.15) is 0 Å². The van der Waals surface area contributed by atoms with Gasteiger partial charge in [0.15, 0.2) is 0 Å². The van der Waals surface area contributed by atoms with E-state index in [0.717, 1.165) is 12.8 Å². The van der Waals surface area contributed by atoms with E-state index in [2.05, 4.69) is 23.3 Å². The van der Waals surface area contributed by atoms with Crippen LogP contribution in [0.3, 0.4) is 0 Å². The Bertz CT molecular complexity index is 317. The number of rotatable bonds is 10. The Labute approximate surface area is 104 Å². The monoisotopic (exact) mass is 261 g/mol. The maximum Gasteiger partial charge on any atom is 0.217 e. The van der Waals surface area contributed by atoms with E-state index in [0.29, 0.717) is 6.42 Å². The summed E-state index contributed by atoms with van der Waals surface area (Å²) in [5.74, 6) is 0. The van der Waals surface area contributed by atoms with Crippen LogP contribution in [0.1, 0.15) is 45.4 Å². The van der Waals surface area contributed by atoms with Crippen LogP contribution >= 0.6 is 0 Å². The summed E-state index contributed by atoms with van der Waals surface area (Å²) in [4.78, 5) is 0. The van der Waals surface area contributed by atoms with Crippen molar-refractivity contribution < 1.29 is 17.2 Å². The van der Waals surface area contributed by atoms with Crippen molar-refractivity contribution in [2.24, 2.45) is 0 Å². The van der Waals surface area contributed by atoms with E-state index in [4.69, 9.17) is 0 Å². The van der Waals surface area contributed by atoms with Crippen LogP contribution in [0.5, 0.6) is 0 Å². The lowest BCUT2D eigenvalue weighted by atomic mass is 10.2. The third-order valence-electron chi connectivity index (χ3n) is 2.09. The Hall–Kier alpha value is -0.650. The standard InChI is InChI=1S/C12H22O4S/c1-2-3-4-5-6-7-8-9-10-11-12-16-17(13,14)15/h6-7,9-10H,2-5,8,11-12H2,1H3,(H,13,14,15)/p-1/b7-6-,10-9-. The Morgan fingerprint density at radius 3 is 2.29 bits per heavy atom. The van der Waals surface area contributed by atoms with E-state index >= 15 is 0 Å². The molecule has 0 radical (unpaired) electrons. The molecule has 0 aliphatic carbocycles. The quantitative estimate of drug-likeness (QED) is 0.262. The first-order chi connectivity index (χ1) is 8.06. The fourth-order valence-corrected chi connectivity index (χ4v) is 1.54. The van der Waals surface area contributed by atoms with Crippen molar-refractivity contribution in [1.82, 2.24) is 0 Å². The second kappa shape index (κ2) is 10.5. The van der Waals surface area contributed by atoms with E-state index in [-0.39, 0.29) is 6.61 Å². The summed E-state index contributed by atoms with van der Waals surface area (Å²) in [6.45, 7) is 2.10. The molecule has 4 nitrogen and oxygen atoms in total. The molecule has 0 rings (SSSR count). The molecule has 0 aromatic carbocycles. The van der Waals surface area contributed by atoms with Gasteiger partial charge in [-0.1, -0.05) is 44.1 Å². The molecule has 0 amide bonds. The van der Waals surface area contributed by atoms with Gasteiger partial charge >= 0.3 is 0 Å². The topological polar surface area (TPSA) is 66.4 Å². The highest BCUT2D eigenvalue weighted by Gasteiger charge is 1.90. The molecule has 0 aliphatic rings. The molecule has 0 spiro atoms. The Kier molecular flexibility index (Phi) is 10.1. The van der Waals surface area contributed by atoms with Crippen molar-refractivity contribution in [3.63, 3.8) is 0 Å². The summed E-state index contributed by atoms with van der Waals surface area (Å²) in [6, 6.07) is 0. The summed E-state index contributed by atoms with van der Waals surface area (Å²) in [6.07, 6.45) is 14.1. The van der Waals surface area contributed by atoms with Crippen LogP contribution in [-0.4, -0.2) is 19.6 Å². The van der Waals surface area contributed by atoms with Crippen molar-refractivity contribution in [2.75, 3.05) is 6.61 Å². The minimum atomic E-state index is -4.53. The molecule has 0 atom stereocenters. The van der Waals surface area contributed by atoms with E-state index in [9.17, 15) is 13.0 Å². The van der Waals surface area contributed by atoms with Crippen LogP contribution in [0.2, 0.25) is 0 Å². The zero-order chi connectivity index (χ0) is 13.0. The highest BCUT2D eigenvalue weighted by Crippen LogP contribution is 2.00. The molecule has 0 saturated heterocycles. The van der Waals surface area contributed by atoms with Gasteiger partial charge in [0.1, 0.15) is 0 Å². The van der Waals surface area contributed by atoms with Crippen LogP contribution in [0.25, 0.3) is 0 Å². The molecule has 100 valence electrons. The third-order valence-corrected chi connectivity index (χ3v) is 2.55. The van der Waals surface area contributed by atoms with E-state index in [1.54, 1.807) is 0 Å². The number of unbranched alkanes of at least 4 members (excludes halogenated alkanes) is 3. The second-order valence-electron chi connectivity index (χ2n) is 3.69. The molecule has 0 fully saturated rings. The molecule has 17 heavy (non-hydrogen) atoms. The fraction of sp³-hybridized carbons (Fsp3) is 0.667. The lowest BCUT2D eigenvalue weighted by molar-refractivity contribution is 0.266. The molecule has 0 unspecified atom stereocenters. The van der Waals surface area contributed by atoms with Crippen molar-refractivity contribution in [2.45, 2.75) is 45.4 Å². The minimum Gasteiger partial charge on any atom is -0.726 e. The largest absolute Gasteiger partial charge is 0.726 e. The van der Waals surface area contributed by atoms with Crippen LogP contribution < -0.4 is 0 Å². The predicted molar refractivity (Wildman–Crippen MR) is 67.3 cm³/mol. The van der Waals surface area contributed by atoms with Crippen molar-refractivity contribution in [1.29, 1.82) is 0 Å². The van der Waals surface area contributed by atoms with Crippen molar-refractivity contribution in [3.8, 4) is 0 Å². The molecule has 0 aliphatic heterocycles. The zero-order valence-electron chi connectivity index (χ0n) is 10.3. The lowest BCUT2D eigenvalue weighted by Gasteiger charge is -2.04. The molecular weight excluding hydrogens is 240 g/mol. The Morgan fingerprint density at radius 2 is 1.71 bits per heavy atom. The van der Waals surface area contributed by atoms with Gasteiger partial charge < -0.3 is 4.55 Å². The van der Waals surface area contributed by atoms with Gasteiger partial charge in [-0.25, -0.2) is 8.42 Å². The minimum absolute atomic E-state index is 0.0808. The Balaban J connectivity index is 3.36. The maximum atomic E-state index is 10.1. The number of hydrogen-bond donors (Lipinski definition) is 0. The zero-order valence-corrected chi connectivity index (χ0v) is 11.1. The van der Waals surface area contributed by atoms with Gasteiger partial charge in [-0.3, -0.25) is 4.18 Å². The predicted octanol–water partition coefficient (Wildman–Crippen LogP) is 2.94. The van der Waals surface area contributed by atoms with Crippen LogP contribution in [0.15, 0.2) is 24.3 Å². The van der Waals surface area contributed by atoms with Crippen LogP contribution in [-0.2, 0) is 14.6 Å². The normalized spacial score (nSPS) is 12.8. The smallest absolute Gasteiger partial charge is 0.217 e. The van der Waals surface area contributed by atoms with Crippen molar-refractivity contribution in [3.05, 3.63) is 24.3 Å². The van der Waals surface area contributed by atoms with Gasteiger partial charge in [0.25, 0.3) is 0 Å². The maximum absolute atomic E-state index is 10.1. The fourth-order valence-electron chi connectivity index (χ4n) is 1.24. The molecule has 0 heterocycles. The Morgan fingerprint density at radius 1 is 1.06 bits per heavy atom. The van der Waals surface area contributed by atoms with E-state index < -0.39 is 10.4 Å². The summed E-state index contributed by atoms with van der Waals surface area (Å²) in [7, 11) is -4.53. The SMILES string of the molecule is CCCCC/C=C\C/C=C\CCOS(=O)(=O)[O-]. The van der Waals surface area contributed by atoms with Gasteiger partial charge in [0, 0.05) is 0 Å². The molecular formula is C12H21O4S-. The van der Waals surface area contributed by atoms with Gasteiger partial charge in [0.05, 0.1) is 6.61 Å². The summed E-state index contributed by atoms with van der Waals surface area (Å²) in [5, 5.41) is 0. The second-order valence-corrected chi connectivity index (χ2v) is 4.75. The summed E-state index contributed by atoms with van der Waals surface area (Å²) >= 11 is 0. The molecule has 0 N–H and O–H groups in total. The molecule has 0 aromatic heterocycles. The van der Waals surface area contributed by atoms with Crippen molar-refractivity contribution >= 4 is 10.4 Å². The van der Waals surface area contributed by atoms with E-state index in [1.165, 1.54) is 19.3 Å². The first kappa shape index (κ1) is 16.4. The van der Waals surface area contributed by atoms with E-state index in [1.807, 2.05) is 12.2 Å². The highest BCUT2D eigenvalue weighted by atomic mass is 32.3. The van der Waals surface area contributed by atoms with Gasteiger partial charge in [0.2, 0.25) is 10.4 Å². The summed E-state index contributed by atoms with van der Waals surface area (Å²) in [5.41, 5.74) is 0. The first-order valence-electron chi connectivity index (χ1n) is 5.96. The highest BCUT2D eigenvalue weighted by molar-refractivity contribution is 7.80. The number of allylic oxidation sites excluding steroid dienone is 3. The molecule has 0 saturated carbocycles. The summed E-state index contributed by atoms with van der Waals surface area (Å²) < 4.78 is 34.3. The van der Waals surface area contributed by atoms with Gasteiger partial charge in [-0.15, -0.1) is 0 Å². The molecule has 0 aromatic rings. The van der Waals surface area contributed by atoms with Gasteiger partial charge in [-0.05, 0) is 25.7 Å².